The number of amides is 1. The molecule has 26 heavy (non-hydrogen) atoms. The highest BCUT2D eigenvalue weighted by molar-refractivity contribution is 8.00. The Hall–Kier alpha value is -2.53. The summed E-state index contributed by atoms with van der Waals surface area (Å²) in [7, 11) is 0. The molecule has 2 aromatic carbocycles. The van der Waals surface area contributed by atoms with Crippen molar-refractivity contribution in [3.63, 3.8) is 0 Å². The average molecular weight is 366 g/mol. The third-order valence-corrected chi connectivity index (χ3v) is 5.30. The van der Waals surface area contributed by atoms with Gasteiger partial charge in [-0.1, -0.05) is 29.8 Å². The van der Waals surface area contributed by atoms with Crippen molar-refractivity contribution in [1.29, 1.82) is 0 Å². The second-order valence-corrected chi connectivity index (χ2v) is 7.29. The lowest BCUT2D eigenvalue weighted by Gasteiger charge is -2.08. The van der Waals surface area contributed by atoms with E-state index in [0.29, 0.717) is 12.3 Å². The van der Waals surface area contributed by atoms with E-state index in [4.69, 9.17) is 0 Å². The maximum Gasteiger partial charge on any atom is 0.230 e. The topological polar surface area (TPSA) is 46.9 Å². The van der Waals surface area contributed by atoms with Crippen LogP contribution in [0.25, 0.3) is 5.69 Å². The van der Waals surface area contributed by atoms with Gasteiger partial charge in [0.25, 0.3) is 0 Å². The monoisotopic (exact) mass is 365 g/mol. The molecular formula is C21H23N3OS. The molecule has 0 unspecified atom stereocenters. The van der Waals surface area contributed by atoms with Crippen molar-refractivity contribution in [2.24, 2.45) is 0 Å². The fourth-order valence-electron chi connectivity index (χ4n) is 2.64. The summed E-state index contributed by atoms with van der Waals surface area (Å²) in [5.41, 5.74) is 4.67. The van der Waals surface area contributed by atoms with E-state index in [1.807, 2.05) is 29.1 Å². The van der Waals surface area contributed by atoms with Crippen molar-refractivity contribution in [1.82, 2.24) is 15.1 Å². The quantitative estimate of drug-likeness (QED) is 0.645. The molecule has 0 radical (unpaired) electrons. The van der Waals surface area contributed by atoms with Gasteiger partial charge in [0, 0.05) is 23.8 Å². The third-order valence-electron chi connectivity index (χ3n) is 4.14. The van der Waals surface area contributed by atoms with Gasteiger partial charge in [0.05, 0.1) is 11.4 Å². The zero-order valence-electron chi connectivity index (χ0n) is 15.1. The predicted molar refractivity (Wildman–Crippen MR) is 107 cm³/mol. The molecule has 0 saturated carbocycles. The lowest BCUT2D eigenvalue weighted by molar-refractivity contribution is -0.118. The zero-order chi connectivity index (χ0) is 18.4. The van der Waals surface area contributed by atoms with E-state index in [1.165, 1.54) is 21.6 Å². The Labute approximate surface area is 158 Å². The van der Waals surface area contributed by atoms with Crippen molar-refractivity contribution in [2.45, 2.75) is 25.2 Å². The van der Waals surface area contributed by atoms with Crippen LogP contribution in [0, 0.1) is 13.8 Å². The molecule has 0 aliphatic carbocycles. The molecule has 0 aliphatic rings. The van der Waals surface area contributed by atoms with Crippen molar-refractivity contribution >= 4 is 17.7 Å². The molecule has 1 heterocycles. The summed E-state index contributed by atoms with van der Waals surface area (Å²) in [5.74, 6) is 0.520. The summed E-state index contributed by atoms with van der Waals surface area (Å²) in [4.78, 5) is 13.2. The maximum atomic E-state index is 12.1. The van der Waals surface area contributed by atoms with E-state index in [9.17, 15) is 4.79 Å². The van der Waals surface area contributed by atoms with Crippen LogP contribution in [0.1, 0.15) is 16.7 Å². The number of carbonyl (C=O) groups excluding carboxylic acids is 1. The number of rotatable bonds is 7. The number of nitrogens with zero attached hydrogens (tertiary/aromatic N) is 2. The van der Waals surface area contributed by atoms with Crippen LogP contribution >= 0.6 is 11.8 Å². The molecule has 1 amide bonds. The summed E-state index contributed by atoms with van der Waals surface area (Å²) in [6.07, 6.45) is 4.50. The van der Waals surface area contributed by atoms with E-state index < -0.39 is 0 Å². The number of hydrogen-bond donors (Lipinski definition) is 1. The number of aromatic nitrogens is 2. The fourth-order valence-corrected chi connectivity index (χ4v) is 3.59. The lowest BCUT2D eigenvalue weighted by Crippen LogP contribution is -2.27. The molecule has 1 aromatic heterocycles. The van der Waals surface area contributed by atoms with E-state index in [0.717, 1.165) is 12.1 Å². The van der Waals surface area contributed by atoms with Crippen LogP contribution in [0.5, 0.6) is 0 Å². The van der Waals surface area contributed by atoms with Gasteiger partial charge in [-0.25, -0.2) is 4.68 Å². The Bertz CT molecular complexity index is 857. The summed E-state index contributed by atoms with van der Waals surface area (Å²) < 4.78 is 1.83. The maximum absolute atomic E-state index is 12.1. The van der Waals surface area contributed by atoms with Crippen molar-refractivity contribution in [3.8, 4) is 5.69 Å². The molecular weight excluding hydrogens is 342 g/mol. The van der Waals surface area contributed by atoms with Gasteiger partial charge in [0.2, 0.25) is 5.91 Å². The molecule has 134 valence electrons. The second kappa shape index (κ2) is 8.72. The molecule has 1 N–H and O–H groups in total. The molecule has 4 nitrogen and oxygen atoms in total. The Balaban J connectivity index is 1.43. The zero-order valence-corrected chi connectivity index (χ0v) is 15.9. The van der Waals surface area contributed by atoms with Gasteiger partial charge >= 0.3 is 0 Å². The number of benzene rings is 2. The molecule has 3 aromatic rings. The molecule has 0 spiro atoms. The van der Waals surface area contributed by atoms with Crippen LogP contribution in [0.2, 0.25) is 0 Å². The molecule has 3 rings (SSSR count). The normalized spacial score (nSPS) is 10.7. The van der Waals surface area contributed by atoms with Crippen LogP contribution < -0.4 is 5.32 Å². The van der Waals surface area contributed by atoms with E-state index in [1.54, 1.807) is 18.0 Å². The Morgan fingerprint density at radius 2 is 1.96 bits per heavy atom. The lowest BCUT2D eigenvalue weighted by atomic mass is 10.1. The minimum absolute atomic E-state index is 0.0732. The van der Waals surface area contributed by atoms with E-state index in [-0.39, 0.29) is 5.91 Å². The highest BCUT2D eigenvalue weighted by Crippen LogP contribution is 2.23. The number of aryl methyl sites for hydroxylation is 2. The van der Waals surface area contributed by atoms with Crippen LogP contribution in [0.3, 0.4) is 0 Å². The standard InChI is InChI=1S/C21H23N3OS/c1-16-4-5-17(2)20(14-16)26-15-21(25)22-12-10-18-6-8-19(9-7-18)24-13-3-11-23-24/h3-9,11,13-14H,10,12,15H2,1-2H3,(H,22,25). The van der Waals surface area contributed by atoms with Gasteiger partial charge in [-0.15, -0.1) is 11.8 Å². The van der Waals surface area contributed by atoms with E-state index in [2.05, 4.69) is 54.6 Å². The van der Waals surface area contributed by atoms with Gasteiger partial charge in [0.15, 0.2) is 0 Å². The first-order chi connectivity index (χ1) is 12.6. The molecule has 0 aliphatic heterocycles. The predicted octanol–water partition coefficient (Wildman–Crippen LogP) is 3.94. The Morgan fingerprint density at radius 1 is 1.15 bits per heavy atom. The van der Waals surface area contributed by atoms with Gasteiger partial charge < -0.3 is 5.32 Å². The van der Waals surface area contributed by atoms with Crippen molar-refractivity contribution in [3.05, 3.63) is 77.6 Å². The summed E-state index contributed by atoms with van der Waals surface area (Å²) in [6.45, 7) is 4.79. The van der Waals surface area contributed by atoms with E-state index >= 15 is 0 Å². The fraction of sp³-hybridized carbons (Fsp3) is 0.238. The largest absolute Gasteiger partial charge is 0.355 e. The molecule has 0 bridgehead atoms. The number of nitrogens with one attached hydrogen (secondary N) is 1. The second-order valence-electron chi connectivity index (χ2n) is 6.27. The molecule has 5 heteroatoms. The number of carbonyl (C=O) groups is 1. The molecule has 0 fully saturated rings. The minimum atomic E-state index is 0.0732. The summed E-state index contributed by atoms with van der Waals surface area (Å²) in [6, 6.07) is 16.5. The Kier molecular flexibility index (Phi) is 6.12. The highest BCUT2D eigenvalue weighted by Gasteiger charge is 2.05. The molecule has 0 atom stereocenters. The number of thioether (sulfide) groups is 1. The highest BCUT2D eigenvalue weighted by atomic mass is 32.2. The third kappa shape index (κ3) is 4.99. The van der Waals surface area contributed by atoms with Gasteiger partial charge in [-0.2, -0.15) is 5.10 Å². The smallest absolute Gasteiger partial charge is 0.230 e. The van der Waals surface area contributed by atoms with Gasteiger partial charge in [-0.3, -0.25) is 4.79 Å². The van der Waals surface area contributed by atoms with Gasteiger partial charge in [0.1, 0.15) is 0 Å². The van der Waals surface area contributed by atoms with Crippen molar-refractivity contribution in [2.75, 3.05) is 12.3 Å². The summed E-state index contributed by atoms with van der Waals surface area (Å²) in [5, 5.41) is 7.22. The van der Waals surface area contributed by atoms with Crippen LogP contribution in [-0.2, 0) is 11.2 Å². The first kappa shape index (κ1) is 18.3. The van der Waals surface area contributed by atoms with Crippen LogP contribution in [-0.4, -0.2) is 28.0 Å². The Morgan fingerprint density at radius 3 is 2.69 bits per heavy atom. The SMILES string of the molecule is Cc1ccc(C)c(SCC(=O)NCCc2ccc(-n3cccn3)cc2)c1. The van der Waals surface area contributed by atoms with Crippen molar-refractivity contribution < 1.29 is 4.79 Å². The first-order valence-electron chi connectivity index (χ1n) is 8.67. The summed E-state index contributed by atoms with van der Waals surface area (Å²) >= 11 is 1.59. The first-order valence-corrected chi connectivity index (χ1v) is 9.66. The number of hydrogen-bond acceptors (Lipinski definition) is 3. The van der Waals surface area contributed by atoms with Crippen LogP contribution in [0.4, 0.5) is 0 Å². The van der Waals surface area contributed by atoms with Crippen LogP contribution in [0.15, 0.2) is 65.8 Å². The minimum Gasteiger partial charge on any atom is -0.355 e. The average Bonchev–Trinajstić information content (AvgIpc) is 3.18. The van der Waals surface area contributed by atoms with Gasteiger partial charge in [-0.05, 0) is 55.7 Å². The molecule has 0 saturated heterocycles.